The summed E-state index contributed by atoms with van der Waals surface area (Å²) in [6.45, 7) is 1.37. The summed E-state index contributed by atoms with van der Waals surface area (Å²) in [5.74, 6) is -2.04. The molecule has 3 rings (SSSR count). The standard InChI is InChI=1S/C23H23F2N5O3/c1-14(26-2)22(32)29-21-23(33)30(19(12-28-21)16-5-9-18(25)10-6-16)13-20(31)27-11-15-3-7-17(24)8-4-15/h3-10,12,14,26H,11,13H2,1-2H3,(H,27,31)(H,28,29,32)/t14-/m0/s1. The molecule has 0 spiro atoms. The van der Waals surface area contributed by atoms with Crippen LogP contribution in [0.3, 0.4) is 0 Å². The van der Waals surface area contributed by atoms with Gasteiger partial charge in [-0.1, -0.05) is 12.1 Å². The van der Waals surface area contributed by atoms with Gasteiger partial charge in [0.1, 0.15) is 18.2 Å². The van der Waals surface area contributed by atoms with Gasteiger partial charge in [0.15, 0.2) is 5.82 Å². The predicted molar refractivity (Wildman–Crippen MR) is 119 cm³/mol. The van der Waals surface area contributed by atoms with Crippen LogP contribution in [0.2, 0.25) is 0 Å². The Morgan fingerprint density at radius 1 is 1.03 bits per heavy atom. The van der Waals surface area contributed by atoms with Crippen molar-refractivity contribution in [3.63, 3.8) is 0 Å². The number of anilines is 1. The Labute approximate surface area is 188 Å². The zero-order valence-corrected chi connectivity index (χ0v) is 18.1. The van der Waals surface area contributed by atoms with Crippen LogP contribution in [0.25, 0.3) is 11.3 Å². The van der Waals surface area contributed by atoms with E-state index in [1.165, 1.54) is 54.7 Å². The van der Waals surface area contributed by atoms with Gasteiger partial charge in [-0.15, -0.1) is 0 Å². The number of nitrogens with zero attached hydrogens (tertiary/aromatic N) is 2. The molecule has 3 aromatic rings. The molecule has 0 fully saturated rings. The molecule has 2 amide bonds. The Balaban J connectivity index is 1.89. The maximum atomic E-state index is 13.4. The third kappa shape index (κ3) is 6.07. The van der Waals surface area contributed by atoms with Crippen molar-refractivity contribution >= 4 is 17.6 Å². The van der Waals surface area contributed by atoms with E-state index in [2.05, 4.69) is 20.9 Å². The van der Waals surface area contributed by atoms with Crippen LogP contribution < -0.4 is 21.5 Å². The number of hydrogen-bond acceptors (Lipinski definition) is 5. The summed E-state index contributed by atoms with van der Waals surface area (Å²) in [6, 6.07) is 10.4. The molecule has 0 saturated carbocycles. The zero-order valence-electron chi connectivity index (χ0n) is 18.1. The van der Waals surface area contributed by atoms with Crippen LogP contribution in [-0.4, -0.2) is 34.5 Å². The van der Waals surface area contributed by atoms with Gasteiger partial charge in [0.05, 0.1) is 17.9 Å². The van der Waals surface area contributed by atoms with Crippen LogP contribution in [0.15, 0.2) is 59.5 Å². The van der Waals surface area contributed by atoms with E-state index in [1.54, 1.807) is 14.0 Å². The van der Waals surface area contributed by atoms with Gasteiger partial charge in [-0.05, 0) is 55.9 Å². The molecule has 3 N–H and O–H groups in total. The minimum atomic E-state index is -0.689. The second-order valence-electron chi connectivity index (χ2n) is 7.29. The van der Waals surface area contributed by atoms with E-state index in [0.717, 1.165) is 4.57 Å². The molecule has 0 aliphatic rings. The summed E-state index contributed by atoms with van der Waals surface area (Å²) in [4.78, 5) is 41.9. The first-order valence-corrected chi connectivity index (χ1v) is 10.1. The predicted octanol–water partition coefficient (Wildman–Crippen LogP) is 2.05. The van der Waals surface area contributed by atoms with Crippen LogP contribution in [0.4, 0.5) is 14.6 Å². The van der Waals surface area contributed by atoms with Gasteiger partial charge in [0.25, 0.3) is 5.56 Å². The fourth-order valence-corrected chi connectivity index (χ4v) is 2.94. The molecule has 0 unspecified atom stereocenters. The number of carbonyl (C=O) groups excluding carboxylic acids is 2. The Morgan fingerprint density at radius 2 is 1.64 bits per heavy atom. The van der Waals surface area contributed by atoms with Crippen molar-refractivity contribution in [3.8, 4) is 11.3 Å². The van der Waals surface area contributed by atoms with Crippen molar-refractivity contribution in [1.82, 2.24) is 20.2 Å². The number of carbonyl (C=O) groups is 2. The summed E-state index contributed by atoms with van der Waals surface area (Å²) >= 11 is 0. The molecule has 172 valence electrons. The van der Waals surface area contributed by atoms with Gasteiger partial charge in [-0.2, -0.15) is 0 Å². The Bertz CT molecular complexity index is 1190. The Kier molecular flexibility index (Phi) is 7.62. The van der Waals surface area contributed by atoms with Gasteiger partial charge in [-0.3, -0.25) is 19.0 Å². The minimum Gasteiger partial charge on any atom is -0.350 e. The number of nitrogens with one attached hydrogen (secondary N) is 3. The summed E-state index contributed by atoms with van der Waals surface area (Å²) in [5, 5.41) is 7.88. The number of likely N-dealkylation sites (N-methyl/N-ethyl adjacent to an activating group) is 1. The molecular formula is C23H23F2N5O3. The number of aromatic nitrogens is 2. The monoisotopic (exact) mass is 455 g/mol. The first-order chi connectivity index (χ1) is 15.8. The molecule has 8 nitrogen and oxygen atoms in total. The van der Waals surface area contributed by atoms with E-state index in [1.807, 2.05) is 0 Å². The van der Waals surface area contributed by atoms with Crippen LogP contribution >= 0.6 is 0 Å². The lowest BCUT2D eigenvalue weighted by atomic mass is 10.1. The number of benzene rings is 2. The number of hydrogen-bond donors (Lipinski definition) is 3. The van der Waals surface area contributed by atoms with E-state index in [9.17, 15) is 23.2 Å². The lowest BCUT2D eigenvalue weighted by Gasteiger charge is -2.16. The van der Waals surface area contributed by atoms with Gasteiger partial charge in [-0.25, -0.2) is 13.8 Å². The molecule has 0 radical (unpaired) electrons. The first kappa shape index (κ1) is 23.7. The average molecular weight is 455 g/mol. The zero-order chi connectivity index (χ0) is 24.0. The molecule has 1 heterocycles. The highest BCUT2D eigenvalue weighted by atomic mass is 19.1. The molecule has 0 bridgehead atoms. The summed E-state index contributed by atoms with van der Waals surface area (Å²) in [5.41, 5.74) is 0.732. The van der Waals surface area contributed by atoms with Gasteiger partial charge < -0.3 is 16.0 Å². The third-order valence-electron chi connectivity index (χ3n) is 4.97. The number of rotatable bonds is 8. The summed E-state index contributed by atoms with van der Waals surface area (Å²) in [7, 11) is 1.60. The van der Waals surface area contributed by atoms with Gasteiger partial charge in [0.2, 0.25) is 11.8 Å². The molecule has 10 heteroatoms. The SMILES string of the molecule is CN[C@@H](C)C(=O)Nc1ncc(-c2ccc(F)cc2)n(CC(=O)NCc2ccc(F)cc2)c1=O. The van der Waals surface area contributed by atoms with Crippen molar-refractivity contribution < 1.29 is 18.4 Å². The van der Waals surface area contributed by atoms with E-state index in [0.29, 0.717) is 11.1 Å². The minimum absolute atomic E-state index is 0.133. The normalized spacial score (nSPS) is 11.6. The van der Waals surface area contributed by atoms with E-state index >= 15 is 0 Å². The van der Waals surface area contributed by atoms with Crippen molar-refractivity contribution in [2.75, 3.05) is 12.4 Å². The average Bonchev–Trinajstić information content (AvgIpc) is 2.81. The smallest absolute Gasteiger partial charge is 0.294 e. The Morgan fingerprint density at radius 3 is 2.24 bits per heavy atom. The van der Waals surface area contributed by atoms with Crippen LogP contribution in [0, 0.1) is 11.6 Å². The number of amides is 2. The van der Waals surface area contributed by atoms with Crippen molar-refractivity contribution in [2.24, 2.45) is 0 Å². The van der Waals surface area contributed by atoms with Gasteiger partial charge >= 0.3 is 0 Å². The topological polar surface area (TPSA) is 105 Å². The molecule has 2 aromatic carbocycles. The fourth-order valence-electron chi connectivity index (χ4n) is 2.94. The molecule has 0 saturated heterocycles. The van der Waals surface area contributed by atoms with Crippen LogP contribution in [0.1, 0.15) is 12.5 Å². The maximum absolute atomic E-state index is 13.4. The molecule has 0 aliphatic carbocycles. The summed E-state index contributed by atoms with van der Waals surface area (Å²) < 4.78 is 27.6. The van der Waals surface area contributed by atoms with Crippen molar-refractivity contribution in [3.05, 3.63) is 82.3 Å². The molecule has 1 atom stereocenters. The molecule has 0 aliphatic heterocycles. The number of halogens is 2. The third-order valence-corrected chi connectivity index (χ3v) is 4.97. The quantitative estimate of drug-likeness (QED) is 0.482. The highest BCUT2D eigenvalue weighted by Gasteiger charge is 2.18. The van der Waals surface area contributed by atoms with Crippen molar-refractivity contribution in [2.45, 2.75) is 26.1 Å². The fraction of sp³-hybridized carbons (Fsp3) is 0.217. The second kappa shape index (κ2) is 10.6. The molecule has 1 aromatic heterocycles. The second-order valence-corrected chi connectivity index (χ2v) is 7.29. The highest BCUT2D eigenvalue weighted by molar-refractivity contribution is 5.93. The first-order valence-electron chi connectivity index (χ1n) is 10.1. The Hall–Kier alpha value is -3.92. The van der Waals surface area contributed by atoms with E-state index in [4.69, 9.17) is 0 Å². The summed E-state index contributed by atoms with van der Waals surface area (Å²) in [6.07, 6.45) is 1.33. The van der Waals surface area contributed by atoms with Crippen LogP contribution in [-0.2, 0) is 22.7 Å². The van der Waals surface area contributed by atoms with Crippen molar-refractivity contribution in [1.29, 1.82) is 0 Å². The lowest BCUT2D eigenvalue weighted by Crippen LogP contribution is -2.39. The molecular weight excluding hydrogens is 432 g/mol. The van der Waals surface area contributed by atoms with Crippen LogP contribution in [0.5, 0.6) is 0 Å². The van der Waals surface area contributed by atoms with Gasteiger partial charge in [0, 0.05) is 12.1 Å². The highest BCUT2D eigenvalue weighted by Crippen LogP contribution is 2.18. The maximum Gasteiger partial charge on any atom is 0.294 e. The molecule has 33 heavy (non-hydrogen) atoms. The lowest BCUT2D eigenvalue weighted by molar-refractivity contribution is -0.121. The largest absolute Gasteiger partial charge is 0.350 e. The van der Waals surface area contributed by atoms with E-state index in [-0.39, 0.29) is 30.4 Å². The van der Waals surface area contributed by atoms with E-state index < -0.39 is 29.2 Å².